The lowest BCUT2D eigenvalue weighted by atomic mass is 9.92. The quantitative estimate of drug-likeness (QED) is 0.839. The van der Waals surface area contributed by atoms with Crippen molar-refractivity contribution in [2.45, 2.75) is 39.2 Å². The van der Waals surface area contributed by atoms with Crippen LogP contribution < -0.4 is 9.47 Å². The first-order chi connectivity index (χ1) is 9.40. The molecular weight excluding hydrogens is 252 g/mol. The van der Waals surface area contributed by atoms with E-state index in [4.69, 9.17) is 9.47 Å². The Morgan fingerprint density at radius 1 is 1.20 bits per heavy atom. The van der Waals surface area contributed by atoms with Gasteiger partial charge in [0.15, 0.2) is 0 Å². The molecule has 1 aromatic rings. The summed E-state index contributed by atoms with van der Waals surface area (Å²) in [6, 6.07) is 5.45. The molecular formula is C17H24O3. The number of hydrogen-bond acceptors (Lipinski definition) is 3. The van der Waals surface area contributed by atoms with Crippen LogP contribution in [-0.4, -0.2) is 24.9 Å². The highest BCUT2D eigenvalue weighted by Gasteiger charge is 2.19. The van der Waals surface area contributed by atoms with E-state index in [0.29, 0.717) is 23.8 Å². The molecule has 0 aromatic heterocycles. The number of benzene rings is 1. The first kappa shape index (κ1) is 16.4. The summed E-state index contributed by atoms with van der Waals surface area (Å²) in [6.45, 7) is 5.98. The Bertz CT molecular complexity index is 472. The molecule has 0 aliphatic rings. The highest BCUT2D eigenvalue weighted by molar-refractivity contribution is 5.46. The fourth-order valence-corrected chi connectivity index (χ4v) is 1.96. The number of aliphatic hydroxyl groups is 1. The standard InChI is InChI=1S/C17H24O3/c1-6-13(2)12-17(3,18)8-7-14-9-15(19-4)11-16(10-14)20-5/h9-11,13,18H,6,12H2,1-5H3. The lowest BCUT2D eigenvalue weighted by Crippen LogP contribution is -2.24. The van der Waals surface area contributed by atoms with Gasteiger partial charge >= 0.3 is 0 Å². The lowest BCUT2D eigenvalue weighted by molar-refractivity contribution is 0.0939. The predicted molar refractivity (Wildman–Crippen MR) is 81.1 cm³/mol. The zero-order chi connectivity index (χ0) is 15.2. The molecule has 0 aliphatic heterocycles. The maximum absolute atomic E-state index is 10.3. The smallest absolute Gasteiger partial charge is 0.123 e. The maximum Gasteiger partial charge on any atom is 0.123 e. The van der Waals surface area contributed by atoms with E-state index in [2.05, 4.69) is 25.7 Å². The molecule has 1 N–H and O–H groups in total. The molecule has 0 bridgehead atoms. The minimum Gasteiger partial charge on any atom is -0.497 e. The van der Waals surface area contributed by atoms with Crippen LogP contribution in [0, 0.1) is 17.8 Å². The van der Waals surface area contributed by atoms with Gasteiger partial charge in [0.1, 0.15) is 17.1 Å². The van der Waals surface area contributed by atoms with E-state index in [1.54, 1.807) is 27.2 Å². The van der Waals surface area contributed by atoms with Gasteiger partial charge in [0.2, 0.25) is 0 Å². The van der Waals surface area contributed by atoms with Crippen molar-refractivity contribution in [2.75, 3.05) is 14.2 Å². The lowest BCUT2D eigenvalue weighted by Gasteiger charge is -2.20. The first-order valence-corrected chi connectivity index (χ1v) is 6.88. The van der Waals surface area contributed by atoms with E-state index >= 15 is 0 Å². The van der Waals surface area contributed by atoms with Crippen LogP contribution in [0.5, 0.6) is 11.5 Å². The summed E-state index contributed by atoms with van der Waals surface area (Å²) in [5.74, 6) is 7.77. The van der Waals surface area contributed by atoms with Crippen molar-refractivity contribution in [3.63, 3.8) is 0 Å². The Morgan fingerprint density at radius 3 is 2.20 bits per heavy atom. The van der Waals surface area contributed by atoms with Crippen molar-refractivity contribution in [3.8, 4) is 23.3 Å². The minimum atomic E-state index is -0.980. The van der Waals surface area contributed by atoms with E-state index < -0.39 is 5.60 Å². The predicted octanol–water partition coefficient (Wildman–Crippen LogP) is 3.24. The van der Waals surface area contributed by atoms with Gasteiger partial charge in [0.25, 0.3) is 0 Å². The summed E-state index contributed by atoms with van der Waals surface area (Å²) in [7, 11) is 3.20. The molecule has 110 valence electrons. The average Bonchev–Trinajstić information content (AvgIpc) is 2.44. The van der Waals surface area contributed by atoms with Gasteiger partial charge in [0, 0.05) is 11.6 Å². The monoisotopic (exact) mass is 276 g/mol. The van der Waals surface area contributed by atoms with Crippen LogP contribution in [0.1, 0.15) is 39.2 Å². The summed E-state index contributed by atoms with van der Waals surface area (Å²) >= 11 is 0. The Labute approximate surface area is 121 Å². The third-order valence-corrected chi connectivity index (χ3v) is 3.27. The van der Waals surface area contributed by atoms with Crippen molar-refractivity contribution in [2.24, 2.45) is 5.92 Å². The Morgan fingerprint density at radius 2 is 1.75 bits per heavy atom. The first-order valence-electron chi connectivity index (χ1n) is 6.88. The highest BCUT2D eigenvalue weighted by atomic mass is 16.5. The second-order valence-electron chi connectivity index (χ2n) is 5.34. The van der Waals surface area contributed by atoms with Gasteiger partial charge in [-0.15, -0.1) is 0 Å². The van der Waals surface area contributed by atoms with Gasteiger partial charge in [0.05, 0.1) is 14.2 Å². The van der Waals surface area contributed by atoms with E-state index in [-0.39, 0.29) is 0 Å². The molecule has 2 atom stereocenters. The number of methoxy groups -OCH3 is 2. The average molecular weight is 276 g/mol. The fraction of sp³-hybridized carbons (Fsp3) is 0.529. The van der Waals surface area contributed by atoms with Gasteiger partial charge < -0.3 is 14.6 Å². The van der Waals surface area contributed by atoms with Crippen LogP contribution in [0.4, 0.5) is 0 Å². The molecule has 1 aromatic carbocycles. The largest absolute Gasteiger partial charge is 0.497 e. The van der Waals surface area contributed by atoms with E-state index in [0.717, 1.165) is 12.0 Å². The Balaban J connectivity index is 2.95. The van der Waals surface area contributed by atoms with Crippen molar-refractivity contribution in [1.29, 1.82) is 0 Å². The van der Waals surface area contributed by atoms with Gasteiger partial charge in [-0.2, -0.15) is 0 Å². The van der Waals surface area contributed by atoms with E-state index in [1.165, 1.54) is 0 Å². The molecule has 1 rings (SSSR count). The molecule has 0 fully saturated rings. The Kier molecular flexibility index (Phi) is 5.91. The molecule has 0 spiro atoms. The fourth-order valence-electron chi connectivity index (χ4n) is 1.96. The topological polar surface area (TPSA) is 38.7 Å². The second kappa shape index (κ2) is 7.21. The van der Waals surface area contributed by atoms with Crippen LogP contribution in [0.25, 0.3) is 0 Å². The van der Waals surface area contributed by atoms with Crippen LogP contribution in [-0.2, 0) is 0 Å². The highest BCUT2D eigenvalue weighted by Crippen LogP contribution is 2.23. The zero-order valence-corrected chi connectivity index (χ0v) is 13.0. The van der Waals surface area contributed by atoms with Gasteiger partial charge in [-0.05, 0) is 31.4 Å². The zero-order valence-electron chi connectivity index (χ0n) is 13.0. The molecule has 0 radical (unpaired) electrons. The third-order valence-electron chi connectivity index (χ3n) is 3.27. The summed E-state index contributed by atoms with van der Waals surface area (Å²) in [4.78, 5) is 0. The normalized spacial score (nSPS) is 14.7. The van der Waals surface area contributed by atoms with Crippen molar-refractivity contribution >= 4 is 0 Å². The van der Waals surface area contributed by atoms with E-state index in [1.807, 2.05) is 12.1 Å². The van der Waals surface area contributed by atoms with Gasteiger partial charge in [-0.1, -0.05) is 32.1 Å². The molecule has 0 amide bonds. The number of rotatable bonds is 5. The minimum absolute atomic E-state index is 0.444. The third kappa shape index (κ3) is 5.14. The molecule has 0 saturated carbocycles. The van der Waals surface area contributed by atoms with E-state index in [9.17, 15) is 5.11 Å². The molecule has 2 unspecified atom stereocenters. The van der Waals surface area contributed by atoms with Crippen LogP contribution in [0.15, 0.2) is 18.2 Å². The van der Waals surface area contributed by atoms with Gasteiger partial charge in [-0.25, -0.2) is 0 Å². The summed E-state index contributed by atoms with van der Waals surface area (Å²) in [5.41, 5.74) is -0.211. The van der Waals surface area contributed by atoms with Crippen LogP contribution in [0.2, 0.25) is 0 Å². The molecule has 0 heterocycles. The Hall–Kier alpha value is -1.66. The number of ether oxygens (including phenoxy) is 2. The summed E-state index contributed by atoms with van der Waals surface area (Å²) in [6.07, 6.45) is 1.70. The van der Waals surface area contributed by atoms with Crippen LogP contribution >= 0.6 is 0 Å². The summed E-state index contributed by atoms with van der Waals surface area (Å²) in [5, 5.41) is 10.3. The molecule has 20 heavy (non-hydrogen) atoms. The van der Waals surface area contributed by atoms with Gasteiger partial charge in [-0.3, -0.25) is 0 Å². The second-order valence-corrected chi connectivity index (χ2v) is 5.34. The van der Waals surface area contributed by atoms with Crippen molar-refractivity contribution in [3.05, 3.63) is 23.8 Å². The van der Waals surface area contributed by atoms with Crippen molar-refractivity contribution < 1.29 is 14.6 Å². The SMILES string of the molecule is CCC(C)CC(C)(O)C#Cc1cc(OC)cc(OC)c1. The summed E-state index contributed by atoms with van der Waals surface area (Å²) < 4.78 is 10.4. The number of hydrogen-bond donors (Lipinski definition) is 1. The molecule has 3 heteroatoms. The van der Waals surface area contributed by atoms with Crippen molar-refractivity contribution in [1.82, 2.24) is 0 Å². The van der Waals surface area contributed by atoms with Crippen LogP contribution in [0.3, 0.4) is 0 Å². The molecule has 3 nitrogen and oxygen atoms in total. The molecule has 0 aliphatic carbocycles. The maximum atomic E-state index is 10.3. The molecule has 0 saturated heterocycles.